The second-order valence-corrected chi connectivity index (χ2v) is 7.54. The lowest BCUT2D eigenvalue weighted by molar-refractivity contribution is 0.413. The molecule has 1 aliphatic rings. The topological polar surface area (TPSA) is 24.9 Å². The first-order valence-corrected chi connectivity index (χ1v) is 9.42. The maximum absolute atomic E-state index is 6.38. The van der Waals surface area contributed by atoms with E-state index in [9.17, 15) is 0 Å². The van der Waals surface area contributed by atoms with Crippen molar-refractivity contribution in [1.82, 2.24) is 0 Å². The molecule has 0 unspecified atom stereocenters. The third-order valence-corrected chi connectivity index (χ3v) is 5.30. The first-order valence-electron chi connectivity index (χ1n) is 9.42. The summed E-state index contributed by atoms with van der Waals surface area (Å²) < 4.78 is 11.9. The number of methoxy groups -OCH3 is 1. The van der Waals surface area contributed by atoms with Crippen LogP contribution in [-0.2, 0) is 0 Å². The van der Waals surface area contributed by atoms with Crippen LogP contribution < -0.4 is 19.3 Å². The average molecular weight is 374 g/mol. The van der Waals surface area contributed by atoms with Crippen LogP contribution in [-0.4, -0.2) is 35.3 Å². The molecular formula is C24H26N2O2. The van der Waals surface area contributed by atoms with Gasteiger partial charge in [-0.1, -0.05) is 24.3 Å². The van der Waals surface area contributed by atoms with Gasteiger partial charge >= 0.3 is 0 Å². The second-order valence-electron chi connectivity index (χ2n) is 7.54. The summed E-state index contributed by atoms with van der Waals surface area (Å²) in [7, 11) is 9.88. The second kappa shape index (κ2) is 7.12. The maximum atomic E-state index is 6.38. The van der Waals surface area contributed by atoms with E-state index in [0.717, 1.165) is 28.6 Å². The Morgan fingerprint density at radius 2 is 1.32 bits per heavy atom. The molecule has 0 saturated heterocycles. The van der Waals surface area contributed by atoms with Gasteiger partial charge in [-0.3, -0.25) is 0 Å². The van der Waals surface area contributed by atoms with E-state index in [2.05, 4.69) is 58.3 Å². The fraction of sp³-hybridized carbons (Fsp3) is 0.250. The molecular weight excluding hydrogens is 348 g/mol. The van der Waals surface area contributed by atoms with Gasteiger partial charge in [0.15, 0.2) is 0 Å². The van der Waals surface area contributed by atoms with Gasteiger partial charge < -0.3 is 19.3 Å². The van der Waals surface area contributed by atoms with Gasteiger partial charge in [-0.05, 0) is 29.8 Å². The Bertz CT molecular complexity index is 954. The smallest absolute Gasteiger partial charge is 0.133 e. The van der Waals surface area contributed by atoms with Crippen molar-refractivity contribution in [3.8, 4) is 17.2 Å². The van der Waals surface area contributed by atoms with Gasteiger partial charge in [0.25, 0.3) is 0 Å². The fourth-order valence-corrected chi connectivity index (χ4v) is 3.72. The number of ether oxygens (including phenoxy) is 2. The number of anilines is 2. The molecule has 0 N–H and O–H groups in total. The van der Waals surface area contributed by atoms with Crippen LogP contribution >= 0.6 is 0 Å². The van der Waals surface area contributed by atoms with Gasteiger partial charge in [0.05, 0.1) is 7.11 Å². The third kappa shape index (κ3) is 3.15. The van der Waals surface area contributed by atoms with Crippen LogP contribution in [0.5, 0.6) is 17.2 Å². The molecule has 0 amide bonds. The molecule has 144 valence electrons. The van der Waals surface area contributed by atoms with Crippen LogP contribution in [0.25, 0.3) is 0 Å². The highest BCUT2D eigenvalue weighted by Gasteiger charge is 2.29. The zero-order chi connectivity index (χ0) is 19.8. The van der Waals surface area contributed by atoms with Crippen LogP contribution in [0, 0.1) is 0 Å². The van der Waals surface area contributed by atoms with Gasteiger partial charge in [-0.15, -0.1) is 0 Å². The lowest BCUT2D eigenvalue weighted by Crippen LogP contribution is -2.15. The Hall–Kier alpha value is -3.14. The van der Waals surface area contributed by atoms with E-state index >= 15 is 0 Å². The van der Waals surface area contributed by atoms with Crippen molar-refractivity contribution in [2.75, 3.05) is 45.1 Å². The van der Waals surface area contributed by atoms with Crippen molar-refractivity contribution in [2.24, 2.45) is 0 Å². The Labute approximate surface area is 166 Å². The van der Waals surface area contributed by atoms with Crippen molar-refractivity contribution in [1.29, 1.82) is 0 Å². The number of hydrogen-bond donors (Lipinski definition) is 0. The molecule has 1 aliphatic heterocycles. The monoisotopic (exact) mass is 374 g/mol. The van der Waals surface area contributed by atoms with E-state index < -0.39 is 0 Å². The maximum Gasteiger partial charge on any atom is 0.133 e. The molecule has 0 radical (unpaired) electrons. The first-order chi connectivity index (χ1) is 13.5. The molecule has 4 heteroatoms. The number of rotatable bonds is 4. The van der Waals surface area contributed by atoms with E-state index in [-0.39, 0.29) is 5.92 Å². The van der Waals surface area contributed by atoms with Crippen molar-refractivity contribution >= 4 is 11.4 Å². The van der Waals surface area contributed by atoms with Gasteiger partial charge in [0, 0.05) is 68.7 Å². The molecule has 28 heavy (non-hydrogen) atoms. The zero-order valence-electron chi connectivity index (χ0n) is 17.1. The molecule has 0 spiro atoms. The van der Waals surface area contributed by atoms with Crippen LogP contribution in [0.15, 0.2) is 60.7 Å². The highest BCUT2D eigenvalue weighted by Crippen LogP contribution is 2.49. The van der Waals surface area contributed by atoms with Gasteiger partial charge in [0.1, 0.15) is 17.2 Å². The summed E-state index contributed by atoms with van der Waals surface area (Å²) in [5.74, 6) is 2.77. The molecule has 3 aromatic carbocycles. The molecule has 0 aliphatic carbocycles. The number of benzene rings is 3. The SMILES string of the molecule is COc1cccc(C2c3ccc(N(C)C)cc3Oc3cc(N(C)C)ccc32)c1. The minimum absolute atomic E-state index is 0.0984. The number of fused-ring (bicyclic) bond motifs is 2. The van der Waals surface area contributed by atoms with E-state index in [1.165, 1.54) is 16.7 Å². The minimum atomic E-state index is 0.0984. The number of hydrogen-bond acceptors (Lipinski definition) is 4. The highest BCUT2D eigenvalue weighted by atomic mass is 16.5. The average Bonchev–Trinajstić information content (AvgIpc) is 2.70. The van der Waals surface area contributed by atoms with Gasteiger partial charge in [0.2, 0.25) is 0 Å². The summed E-state index contributed by atoms with van der Waals surface area (Å²) >= 11 is 0. The van der Waals surface area contributed by atoms with E-state index in [1.54, 1.807) is 7.11 Å². The molecule has 0 atom stereocenters. The van der Waals surface area contributed by atoms with Gasteiger partial charge in [-0.25, -0.2) is 0 Å². The normalized spacial score (nSPS) is 12.6. The number of nitrogens with zero attached hydrogens (tertiary/aromatic N) is 2. The quantitative estimate of drug-likeness (QED) is 0.495. The predicted molar refractivity (Wildman–Crippen MR) is 116 cm³/mol. The lowest BCUT2D eigenvalue weighted by Gasteiger charge is -2.30. The van der Waals surface area contributed by atoms with Crippen molar-refractivity contribution < 1.29 is 9.47 Å². The molecule has 0 saturated carbocycles. The van der Waals surface area contributed by atoms with Crippen molar-refractivity contribution in [3.63, 3.8) is 0 Å². The third-order valence-electron chi connectivity index (χ3n) is 5.30. The fourth-order valence-electron chi connectivity index (χ4n) is 3.72. The summed E-state index contributed by atoms with van der Waals surface area (Å²) in [4.78, 5) is 4.19. The molecule has 0 aromatic heterocycles. The Morgan fingerprint density at radius 1 is 0.750 bits per heavy atom. The summed E-state index contributed by atoms with van der Waals surface area (Å²) in [6.45, 7) is 0. The lowest BCUT2D eigenvalue weighted by atomic mass is 9.82. The van der Waals surface area contributed by atoms with E-state index in [4.69, 9.17) is 9.47 Å². The molecule has 4 nitrogen and oxygen atoms in total. The summed E-state index contributed by atoms with van der Waals surface area (Å²) in [5, 5.41) is 0. The van der Waals surface area contributed by atoms with Crippen LogP contribution in [0.2, 0.25) is 0 Å². The molecule has 3 aromatic rings. The van der Waals surface area contributed by atoms with Gasteiger partial charge in [-0.2, -0.15) is 0 Å². The van der Waals surface area contributed by atoms with Crippen LogP contribution in [0.3, 0.4) is 0 Å². The summed E-state index contributed by atoms with van der Waals surface area (Å²) in [5.41, 5.74) is 5.78. The van der Waals surface area contributed by atoms with Crippen LogP contribution in [0.1, 0.15) is 22.6 Å². The Kier molecular flexibility index (Phi) is 4.63. The first kappa shape index (κ1) is 18.2. The van der Waals surface area contributed by atoms with E-state index in [1.807, 2.05) is 40.3 Å². The predicted octanol–water partition coefficient (Wildman–Crippen LogP) is 5.11. The zero-order valence-corrected chi connectivity index (χ0v) is 17.1. The minimum Gasteiger partial charge on any atom is -0.497 e. The van der Waals surface area contributed by atoms with Crippen molar-refractivity contribution in [2.45, 2.75) is 5.92 Å². The Balaban J connectivity index is 1.91. The Morgan fingerprint density at radius 3 is 1.82 bits per heavy atom. The summed E-state index contributed by atoms with van der Waals surface area (Å²) in [6.07, 6.45) is 0. The van der Waals surface area contributed by atoms with Crippen molar-refractivity contribution in [3.05, 3.63) is 77.4 Å². The molecule has 0 bridgehead atoms. The van der Waals surface area contributed by atoms with Crippen LogP contribution in [0.4, 0.5) is 11.4 Å². The highest BCUT2D eigenvalue weighted by molar-refractivity contribution is 5.66. The largest absolute Gasteiger partial charge is 0.497 e. The molecule has 4 rings (SSSR count). The molecule has 1 heterocycles. The van der Waals surface area contributed by atoms with E-state index in [0.29, 0.717) is 0 Å². The molecule has 0 fully saturated rings. The summed E-state index contributed by atoms with van der Waals surface area (Å²) in [6, 6.07) is 21.2. The standard InChI is InChI=1S/C24H26N2O2/c1-25(2)17-9-11-20-22(14-17)28-23-15-18(26(3)4)10-12-21(23)24(20)16-7-6-8-19(13-16)27-5/h6-15,24H,1-5H3.